The molecule has 14 heteroatoms. The highest BCUT2D eigenvalue weighted by atomic mass is 35.5. The lowest BCUT2D eigenvalue weighted by molar-refractivity contribution is -0.150. The van der Waals surface area contributed by atoms with E-state index in [1.807, 2.05) is 0 Å². The van der Waals surface area contributed by atoms with E-state index >= 15 is 0 Å². The van der Waals surface area contributed by atoms with Gasteiger partial charge in [-0.2, -0.15) is 0 Å². The van der Waals surface area contributed by atoms with Gasteiger partial charge in [0.15, 0.2) is 27.0 Å². The van der Waals surface area contributed by atoms with E-state index in [4.69, 9.17) is 21.1 Å². The molecule has 1 aromatic carbocycles. The first kappa shape index (κ1) is 26.5. The summed E-state index contributed by atoms with van der Waals surface area (Å²) in [6.07, 6.45) is 0.944. The molecule has 2 aromatic rings. The van der Waals surface area contributed by atoms with Crippen molar-refractivity contribution in [1.29, 1.82) is 0 Å². The minimum Gasteiger partial charge on any atom is -0.480 e. The van der Waals surface area contributed by atoms with Crippen LogP contribution in [-0.4, -0.2) is 66.0 Å². The number of hydrogen-bond acceptors (Lipinski definition) is 9. The third-order valence-electron chi connectivity index (χ3n) is 5.82. The molecule has 1 saturated heterocycles. The zero-order chi connectivity index (χ0) is 26.0. The topological polar surface area (TPSA) is 169 Å². The van der Waals surface area contributed by atoms with Crippen molar-refractivity contribution in [3.63, 3.8) is 0 Å². The van der Waals surface area contributed by atoms with Crippen molar-refractivity contribution in [2.45, 2.75) is 54.0 Å². The number of rotatable bonds is 10. The van der Waals surface area contributed by atoms with Crippen LogP contribution in [0.5, 0.6) is 0 Å². The Labute approximate surface area is 215 Å². The number of hydrogen-bond donors (Lipinski definition) is 3. The Balaban J connectivity index is 1.58. The largest absolute Gasteiger partial charge is 0.480 e. The molecule has 1 amide bonds. The van der Waals surface area contributed by atoms with Gasteiger partial charge in [0.05, 0.1) is 21.9 Å². The van der Waals surface area contributed by atoms with Gasteiger partial charge in [0.1, 0.15) is 4.34 Å². The standard InChI is InChI=1S/C22H23ClN2O9S2/c23-18-16(15(20(27)28)21(29)30)24-22(35-18)25-19(26)17(34-12-7-9-33-10-8-12)11-1-3-13(4-2-11)36(31,32)14-5-6-14/h1-4,12,14-15,17H,5-10H2,(H,27,28)(H,29,30)(H,24,25,26). The van der Waals surface area contributed by atoms with Gasteiger partial charge in [0.25, 0.3) is 5.91 Å². The van der Waals surface area contributed by atoms with Crippen LogP contribution in [-0.2, 0) is 33.7 Å². The summed E-state index contributed by atoms with van der Waals surface area (Å²) in [6.45, 7) is 0.934. The highest BCUT2D eigenvalue weighted by molar-refractivity contribution is 7.92. The smallest absolute Gasteiger partial charge is 0.324 e. The summed E-state index contributed by atoms with van der Waals surface area (Å²) < 4.78 is 36.3. The van der Waals surface area contributed by atoms with Gasteiger partial charge in [-0.15, -0.1) is 0 Å². The fourth-order valence-electron chi connectivity index (χ4n) is 3.75. The number of thiazole rings is 1. The minimum atomic E-state index is -3.41. The molecule has 2 aliphatic rings. The molecule has 1 unspecified atom stereocenters. The van der Waals surface area contributed by atoms with Crippen LogP contribution >= 0.6 is 22.9 Å². The number of amides is 1. The maximum Gasteiger partial charge on any atom is 0.324 e. The van der Waals surface area contributed by atoms with E-state index in [0.717, 1.165) is 11.3 Å². The van der Waals surface area contributed by atoms with Crippen molar-refractivity contribution < 1.29 is 42.5 Å². The van der Waals surface area contributed by atoms with Crippen molar-refractivity contribution >= 4 is 55.8 Å². The van der Waals surface area contributed by atoms with Crippen molar-refractivity contribution in [2.24, 2.45) is 0 Å². The van der Waals surface area contributed by atoms with Crippen molar-refractivity contribution in [3.05, 3.63) is 39.9 Å². The Hall–Kier alpha value is -2.58. The highest BCUT2D eigenvalue weighted by Crippen LogP contribution is 2.36. The first-order valence-electron chi connectivity index (χ1n) is 11.1. The lowest BCUT2D eigenvalue weighted by atomic mass is 10.1. The van der Waals surface area contributed by atoms with Gasteiger partial charge in [-0.3, -0.25) is 19.7 Å². The first-order valence-corrected chi connectivity index (χ1v) is 13.8. The zero-order valence-electron chi connectivity index (χ0n) is 18.8. The number of halogens is 1. The van der Waals surface area contributed by atoms with Crippen LogP contribution in [0.25, 0.3) is 0 Å². The average Bonchev–Trinajstić information content (AvgIpc) is 3.63. The number of aliphatic carboxylic acids is 2. The molecule has 1 aliphatic carbocycles. The second-order valence-electron chi connectivity index (χ2n) is 8.42. The molecule has 3 N–H and O–H groups in total. The van der Waals surface area contributed by atoms with E-state index in [9.17, 15) is 33.0 Å². The quantitative estimate of drug-likeness (QED) is 0.368. The van der Waals surface area contributed by atoms with Crippen LogP contribution in [0.1, 0.15) is 49.0 Å². The summed E-state index contributed by atoms with van der Waals surface area (Å²) in [6, 6.07) is 5.92. The molecule has 1 aromatic heterocycles. The Morgan fingerprint density at radius 2 is 1.69 bits per heavy atom. The lowest BCUT2D eigenvalue weighted by Crippen LogP contribution is -2.31. The zero-order valence-corrected chi connectivity index (χ0v) is 21.1. The molecule has 0 bridgehead atoms. The van der Waals surface area contributed by atoms with Gasteiger partial charge in [-0.25, -0.2) is 13.4 Å². The van der Waals surface area contributed by atoms with Gasteiger partial charge in [-0.1, -0.05) is 35.1 Å². The lowest BCUT2D eigenvalue weighted by Gasteiger charge is -2.27. The monoisotopic (exact) mass is 558 g/mol. The van der Waals surface area contributed by atoms with Crippen LogP contribution in [0.15, 0.2) is 29.2 Å². The Bertz CT molecular complexity index is 1240. The highest BCUT2D eigenvalue weighted by Gasteiger charge is 2.37. The molecule has 0 radical (unpaired) electrons. The van der Waals surface area contributed by atoms with Crippen LogP contribution < -0.4 is 5.32 Å². The average molecular weight is 559 g/mol. The molecule has 1 saturated carbocycles. The second-order valence-corrected chi connectivity index (χ2v) is 12.2. The predicted octanol–water partition coefficient (Wildman–Crippen LogP) is 2.86. The van der Waals surface area contributed by atoms with Crippen molar-refractivity contribution in [1.82, 2.24) is 4.98 Å². The molecule has 2 fully saturated rings. The maximum atomic E-state index is 13.3. The van der Waals surface area contributed by atoms with Gasteiger partial charge < -0.3 is 19.7 Å². The fourth-order valence-corrected chi connectivity index (χ4v) is 6.52. The van der Waals surface area contributed by atoms with E-state index in [2.05, 4.69) is 10.3 Å². The Morgan fingerprint density at radius 1 is 1.08 bits per heavy atom. The number of ether oxygens (including phenoxy) is 2. The molecule has 194 valence electrons. The Kier molecular flexibility index (Phi) is 7.95. The number of aromatic nitrogens is 1. The predicted molar refractivity (Wildman–Crippen MR) is 128 cm³/mol. The molecular weight excluding hydrogens is 536 g/mol. The molecule has 1 atom stereocenters. The molecule has 0 spiro atoms. The summed E-state index contributed by atoms with van der Waals surface area (Å²) in [4.78, 5) is 40.0. The number of carbonyl (C=O) groups is 3. The van der Waals surface area contributed by atoms with E-state index < -0.39 is 45.4 Å². The SMILES string of the molecule is O=C(Nc1nc(C(C(=O)O)C(=O)O)c(Cl)s1)C(OC1CCOCC1)c1ccc(S(=O)(=O)C2CC2)cc1. The number of nitrogens with one attached hydrogen (secondary N) is 1. The number of sulfone groups is 1. The molecule has 1 aliphatic heterocycles. The van der Waals surface area contributed by atoms with Gasteiger partial charge in [0.2, 0.25) is 0 Å². The Morgan fingerprint density at radius 3 is 2.25 bits per heavy atom. The molecule has 11 nitrogen and oxygen atoms in total. The normalized spacial score (nSPS) is 17.6. The first-order chi connectivity index (χ1) is 17.1. The number of benzene rings is 1. The summed E-state index contributed by atoms with van der Waals surface area (Å²) in [5.41, 5.74) is 0.0130. The third-order valence-corrected chi connectivity index (χ3v) is 9.30. The second kappa shape index (κ2) is 10.8. The van der Waals surface area contributed by atoms with E-state index in [1.54, 1.807) is 0 Å². The number of carbonyl (C=O) groups excluding carboxylic acids is 1. The summed E-state index contributed by atoms with van der Waals surface area (Å²) in [5.74, 6) is -5.93. The molecular formula is C22H23ClN2O9S2. The molecule has 36 heavy (non-hydrogen) atoms. The number of carboxylic acid groups (broad SMARTS) is 2. The van der Waals surface area contributed by atoms with Gasteiger partial charge >= 0.3 is 11.9 Å². The van der Waals surface area contributed by atoms with Gasteiger partial charge in [0, 0.05) is 13.2 Å². The van der Waals surface area contributed by atoms with E-state index in [0.29, 0.717) is 44.5 Å². The van der Waals surface area contributed by atoms with Crippen LogP contribution in [0.4, 0.5) is 5.13 Å². The van der Waals surface area contributed by atoms with Crippen molar-refractivity contribution in [3.8, 4) is 0 Å². The molecule has 4 rings (SSSR count). The van der Waals surface area contributed by atoms with Crippen LogP contribution in [0.3, 0.4) is 0 Å². The fraction of sp³-hybridized carbons (Fsp3) is 0.455. The maximum absolute atomic E-state index is 13.3. The van der Waals surface area contributed by atoms with E-state index in [-0.39, 0.29) is 25.7 Å². The van der Waals surface area contributed by atoms with Gasteiger partial charge in [-0.05, 0) is 43.4 Å². The number of carboxylic acids is 2. The summed E-state index contributed by atoms with van der Waals surface area (Å²) in [7, 11) is -3.41. The van der Waals surface area contributed by atoms with E-state index in [1.165, 1.54) is 24.3 Å². The minimum absolute atomic E-state index is 0.0963. The van der Waals surface area contributed by atoms with Crippen molar-refractivity contribution in [2.75, 3.05) is 18.5 Å². The van der Waals surface area contributed by atoms with Crippen LogP contribution in [0, 0.1) is 0 Å². The number of nitrogens with zero attached hydrogens (tertiary/aromatic N) is 1. The molecule has 2 heterocycles. The summed E-state index contributed by atoms with van der Waals surface area (Å²) in [5, 5.41) is 20.5. The summed E-state index contributed by atoms with van der Waals surface area (Å²) >= 11 is 6.75. The third kappa shape index (κ3) is 5.86. The van der Waals surface area contributed by atoms with Crippen LogP contribution in [0.2, 0.25) is 4.34 Å². The number of anilines is 1.